The van der Waals surface area contributed by atoms with Gasteiger partial charge >= 0.3 is 0 Å². The molecule has 0 aliphatic carbocycles. The topological polar surface area (TPSA) is 84.2 Å². The van der Waals surface area contributed by atoms with Gasteiger partial charge in [0.15, 0.2) is 0 Å². The van der Waals surface area contributed by atoms with Crippen LogP contribution in [0.3, 0.4) is 0 Å². The standard InChI is InChI=1S/C14H17N3O2S/c1-20(18,19)17-13-7-4-6-12(9-13)16-10-11-5-2-3-8-14(11)15/h2-9,16-17H,10,15H2,1H3. The molecule has 4 N–H and O–H groups in total. The molecule has 2 aromatic carbocycles. The summed E-state index contributed by atoms with van der Waals surface area (Å²) in [5.74, 6) is 0. The third-order valence-electron chi connectivity index (χ3n) is 2.70. The molecule has 20 heavy (non-hydrogen) atoms. The molecular formula is C14H17N3O2S. The van der Waals surface area contributed by atoms with Gasteiger partial charge in [-0.2, -0.15) is 0 Å². The molecular weight excluding hydrogens is 274 g/mol. The average molecular weight is 291 g/mol. The second-order valence-electron chi connectivity index (χ2n) is 4.51. The minimum absolute atomic E-state index is 0.526. The lowest BCUT2D eigenvalue weighted by Crippen LogP contribution is -2.10. The van der Waals surface area contributed by atoms with Crippen LogP contribution in [0.1, 0.15) is 5.56 Å². The highest BCUT2D eigenvalue weighted by Gasteiger charge is 2.03. The predicted octanol–water partition coefficient (Wildman–Crippen LogP) is 2.25. The Kier molecular flexibility index (Phi) is 4.14. The maximum Gasteiger partial charge on any atom is 0.229 e. The second-order valence-corrected chi connectivity index (χ2v) is 6.26. The third-order valence-corrected chi connectivity index (χ3v) is 3.31. The molecule has 5 nitrogen and oxygen atoms in total. The molecule has 0 heterocycles. The van der Waals surface area contributed by atoms with Gasteiger partial charge in [0.2, 0.25) is 10.0 Å². The van der Waals surface area contributed by atoms with E-state index in [4.69, 9.17) is 5.73 Å². The van der Waals surface area contributed by atoms with E-state index < -0.39 is 10.0 Å². The number of anilines is 3. The molecule has 0 spiro atoms. The Hall–Kier alpha value is -2.21. The average Bonchev–Trinajstić information content (AvgIpc) is 2.36. The number of nitrogen functional groups attached to an aromatic ring is 1. The maximum absolute atomic E-state index is 11.2. The van der Waals surface area contributed by atoms with Crippen molar-refractivity contribution in [2.45, 2.75) is 6.54 Å². The SMILES string of the molecule is CS(=O)(=O)Nc1cccc(NCc2ccccc2N)c1. The monoisotopic (exact) mass is 291 g/mol. The zero-order valence-corrected chi connectivity index (χ0v) is 11.9. The number of rotatable bonds is 5. The van der Waals surface area contributed by atoms with Crippen molar-refractivity contribution in [2.24, 2.45) is 0 Å². The highest BCUT2D eigenvalue weighted by atomic mass is 32.2. The highest BCUT2D eigenvalue weighted by Crippen LogP contribution is 2.18. The first-order chi connectivity index (χ1) is 9.44. The van der Waals surface area contributed by atoms with Crippen LogP contribution >= 0.6 is 0 Å². The first-order valence-corrected chi connectivity index (χ1v) is 7.98. The molecule has 0 saturated carbocycles. The van der Waals surface area contributed by atoms with E-state index in [0.717, 1.165) is 23.2 Å². The van der Waals surface area contributed by atoms with Gasteiger partial charge in [0.05, 0.1) is 11.9 Å². The van der Waals surface area contributed by atoms with E-state index in [-0.39, 0.29) is 0 Å². The molecule has 0 aliphatic heterocycles. The van der Waals surface area contributed by atoms with Crippen LogP contribution in [0.5, 0.6) is 0 Å². The number of sulfonamides is 1. The van der Waals surface area contributed by atoms with Crippen LogP contribution < -0.4 is 15.8 Å². The Morgan fingerprint density at radius 2 is 1.75 bits per heavy atom. The van der Waals surface area contributed by atoms with Crippen molar-refractivity contribution in [3.05, 3.63) is 54.1 Å². The second kappa shape index (κ2) is 5.83. The first kappa shape index (κ1) is 14.2. The number of nitrogens with two attached hydrogens (primary N) is 1. The summed E-state index contributed by atoms with van der Waals surface area (Å²) in [4.78, 5) is 0. The molecule has 6 heteroatoms. The van der Waals surface area contributed by atoms with Crippen LogP contribution in [0.25, 0.3) is 0 Å². The lowest BCUT2D eigenvalue weighted by molar-refractivity contribution is 0.607. The predicted molar refractivity (Wildman–Crippen MR) is 83.1 cm³/mol. The van der Waals surface area contributed by atoms with Gasteiger partial charge < -0.3 is 11.1 Å². The molecule has 2 aromatic rings. The number of nitrogens with one attached hydrogen (secondary N) is 2. The van der Waals surface area contributed by atoms with E-state index in [2.05, 4.69) is 10.0 Å². The van der Waals surface area contributed by atoms with Crippen molar-refractivity contribution in [2.75, 3.05) is 22.0 Å². The van der Waals surface area contributed by atoms with E-state index in [0.29, 0.717) is 12.2 Å². The van der Waals surface area contributed by atoms with Crippen LogP contribution in [0.4, 0.5) is 17.1 Å². The van der Waals surface area contributed by atoms with E-state index in [1.165, 1.54) is 0 Å². The molecule has 0 radical (unpaired) electrons. The van der Waals surface area contributed by atoms with Gasteiger partial charge in [-0.05, 0) is 29.8 Å². The summed E-state index contributed by atoms with van der Waals surface area (Å²) in [5, 5.41) is 3.21. The summed E-state index contributed by atoms with van der Waals surface area (Å²) in [5.41, 5.74) is 8.94. The van der Waals surface area contributed by atoms with Crippen LogP contribution in [-0.2, 0) is 16.6 Å². The number of hydrogen-bond acceptors (Lipinski definition) is 4. The molecule has 0 unspecified atom stereocenters. The Bertz CT molecular complexity index is 699. The molecule has 0 fully saturated rings. The van der Waals surface area contributed by atoms with E-state index in [9.17, 15) is 8.42 Å². The van der Waals surface area contributed by atoms with E-state index >= 15 is 0 Å². The molecule has 0 aliphatic rings. The number of para-hydroxylation sites is 1. The summed E-state index contributed by atoms with van der Waals surface area (Å²) in [6, 6.07) is 14.7. The maximum atomic E-state index is 11.2. The summed E-state index contributed by atoms with van der Waals surface area (Å²) in [6.45, 7) is 0.578. The van der Waals surface area contributed by atoms with Gasteiger partial charge in [-0.15, -0.1) is 0 Å². The Morgan fingerprint density at radius 3 is 2.45 bits per heavy atom. The van der Waals surface area contributed by atoms with Crippen molar-refractivity contribution in [3.63, 3.8) is 0 Å². The van der Waals surface area contributed by atoms with Gasteiger partial charge in [-0.25, -0.2) is 8.42 Å². The molecule has 0 amide bonds. The van der Waals surface area contributed by atoms with Gasteiger partial charge in [-0.1, -0.05) is 24.3 Å². The fourth-order valence-corrected chi connectivity index (χ4v) is 2.35. The third kappa shape index (κ3) is 4.17. The Balaban J connectivity index is 2.07. The van der Waals surface area contributed by atoms with Crippen LogP contribution in [0.15, 0.2) is 48.5 Å². The van der Waals surface area contributed by atoms with Crippen LogP contribution in [-0.4, -0.2) is 14.7 Å². The fourth-order valence-electron chi connectivity index (χ4n) is 1.80. The molecule has 0 bridgehead atoms. The zero-order chi connectivity index (χ0) is 14.6. The van der Waals surface area contributed by atoms with Crippen LogP contribution in [0.2, 0.25) is 0 Å². The van der Waals surface area contributed by atoms with Crippen LogP contribution in [0, 0.1) is 0 Å². The molecule has 0 atom stereocenters. The first-order valence-electron chi connectivity index (χ1n) is 6.09. The molecule has 0 saturated heterocycles. The summed E-state index contributed by atoms with van der Waals surface area (Å²) in [6.07, 6.45) is 1.12. The quantitative estimate of drug-likeness (QED) is 0.738. The largest absolute Gasteiger partial charge is 0.398 e. The number of benzene rings is 2. The smallest absolute Gasteiger partial charge is 0.229 e. The van der Waals surface area contributed by atoms with E-state index in [1.807, 2.05) is 30.3 Å². The molecule has 106 valence electrons. The van der Waals surface area contributed by atoms with Crippen molar-refractivity contribution < 1.29 is 8.42 Å². The van der Waals surface area contributed by atoms with Gasteiger partial charge in [0, 0.05) is 17.9 Å². The Morgan fingerprint density at radius 1 is 1.05 bits per heavy atom. The molecule has 2 rings (SSSR count). The summed E-state index contributed by atoms with van der Waals surface area (Å²) >= 11 is 0. The Labute approximate surface area is 118 Å². The highest BCUT2D eigenvalue weighted by molar-refractivity contribution is 7.92. The van der Waals surface area contributed by atoms with Crippen molar-refractivity contribution >= 4 is 27.1 Å². The lowest BCUT2D eigenvalue weighted by Gasteiger charge is -2.10. The van der Waals surface area contributed by atoms with Crippen molar-refractivity contribution in [1.29, 1.82) is 0 Å². The lowest BCUT2D eigenvalue weighted by atomic mass is 10.2. The van der Waals surface area contributed by atoms with E-state index in [1.54, 1.807) is 18.2 Å². The minimum atomic E-state index is -3.27. The minimum Gasteiger partial charge on any atom is -0.398 e. The van der Waals surface area contributed by atoms with Crippen molar-refractivity contribution in [3.8, 4) is 0 Å². The van der Waals surface area contributed by atoms with Gasteiger partial charge in [0.25, 0.3) is 0 Å². The summed E-state index contributed by atoms with van der Waals surface area (Å²) < 4.78 is 24.8. The zero-order valence-electron chi connectivity index (χ0n) is 11.1. The summed E-state index contributed by atoms with van der Waals surface area (Å²) in [7, 11) is -3.27. The fraction of sp³-hybridized carbons (Fsp3) is 0.143. The van der Waals surface area contributed by atoms with Gasteiger partial charge in [-0.3, -0.25) is 4.72 Å². The van der Waals surface area contributed by atoms with Crippen molar-refractivity contribution in [1.82, 2.24) is 0 Å². The normalized spacial score (nSPS) is 11.1. The number of hydrogen-bond donors (Lipinski definition) is 3. The van der Waals surface area contributed by atoms with Gasteiger partial charge in [0.1, 0.15) is 0 Å². The molecule has 0 aromatic heterocycles.